The van der Waals surface area contributed by atoms with E-state index in [1.165, 1.54) is 0 Å². The highest BCUT2D eigenvalue weighted by Gasteiger charge is 2.40. The summed E-state index contributed by atoms with van der Waals surface area (Å²) in [5.74, 6) is 0. The topological polar surface area (TPSA) is 56.6 Å². The zero-order valence-corrected chi connectivity index (χ0v) is 15.9. The monoisotopic (exact) mass is 355 g/mol. The van der Waals surface area contributed by atoms with Gasteiger partial charge in [-0.15, -0.1) is 0 Å². The van der Waals surface area contributed by atoms with Crippen LogP contribution in [0.4, 0.5) is 4.79 Å². The lowest BCUT2D eigenvalue weighted by Crippen LogP contribution is -2.44. The lowest BCUT2D eigenvalue weighted by atomic mass is 9.69. The molecule has 0 radical (unpaired) electrons. The third kappa shape index (κ3) is 3.71. The number of benzene rings is 1. The molecule has 5 nitrogen and oxygen atoms in total. The fourth-order valence-electron chi connectivity index (χ4n) is 4.47. The molecule has 0 aromatic heterocycles. The van der Waals surface area contributed by atoms with Crippen molar-refractivity contribution in [3.63, 3.8) is 0 Å². The van der Waals surface area contributed by atoms with Gasteiger partial charge >= 0.3 is 6.09 Å². The van der Waals surface area contributed by atoms with Crippen LogP contribution in [0.25, 0.3) is 0 Å². The first-order valence-corrected chi connectivity index (χ1v) is 9.70. The molecule has 0 bridgehead atoms. The molecule has 1 heterocycles. The van der Waals surface area contributed by atoms with Crippen LogP contribution < -0.4 is 0 Å². The Kier molecular flexibility index (Phi) is 5.83. The molecule has 1 amide bonds. The first kappa shape index (κ1) is 18.7. The van der Waals surface area contributed by atoms with Crippen molar-refractivity contribution in [2.75, 3.05) is 26.7 Å². The third-order valence-electron chi connectivity index (χ3n) is 6.16. The number of hydrogen-bond donors (Lipinski definition) is 0. The molecule has 5 heteroatoms. The molecule has 1 aromatic rings. The third-order valence-corrected chi connectivity index (χ3v) is 6.16. The van der Waals surface area contributed by atoms with Crippen LogP contribution in [0.2, 0.25) is 0 Å². The van der Waals surface area contributed by atoms with E-state index in [1.807, 2.05) is 32.2 Å². The summed E-state index contributed by atoms with van der Waals surface area (Å²) in [6, 6.07) is 13.6. The fraction of sp³-hybridized carbons (Fsp3) is 0.619. The number of hydrogen-bond acceptors (Lipinski definition) is 4. The minimum absolute atomic E-state index is 0.226. The maximum absolute atomic E-state index is 11.9. The maximum Gasteiger partial charge on any atom is 0.409 e. The summed E-state index contributed by atoms with van der Waals surface area (Å²) >= 11 is 0. The van der Waals surface area contributed by atoms with Gasteiger partial charge in [0, 0.05) is 32.2 Å². The summed E-state index contributed by atoms with van der Waals surface area (Å²) in [5.41, 5.74) is 0.820. The summed E-state index contributed by atoms with van der Waals surface area (Å²) in [5, 5.41) is 9.85. The van der Waals surface area contributed by atoms with Crippen LogP contribution >= 0.6 is 0 Å². The van der Waals surface area contributed by atoms with E-state index in [-0.39, 0.29) is 17.6 Å². The Morgan fingerprint density at radius 2 is 2.00 bits per heavy atom. The number of ether oxygens (including phenoxy) is 1. The minimum atomic E-state index is -0.335. The largest absolute Gasteiger partial charge is 0.450 e. The summed E-state index contributed by atoms with van der Waals surface area (Å²) in [7, 11) is 1.84. The molecule has 1 atom stereocenters. The number of rotatable bonds is 4. The van der Waals surface area contributed by atoms with E-state index >= 15 is 0 Å². The van der Waals surface area contributed by atoms with Gasteiger partial charge < -0.3 is 9.64 Å². The van der Waals surface area contributed by atoms with Gasteiger partial charge in [0.05, 0.1) is 18.1 Å². The van der Waals surface area contributed by atoms with Gasteiger partial charge in [0.25, 0.3) is 0 Å². The van der Waals surface area contributed by atoms with Crippen molar-refractivity contribution < 1.29 is 9.53 Å². The Hall–Kier alpha value is -2.06. The van der Waals surface area contributed by atoms with Crippen LogP contribution in [-0.4, -0.2) is 54.7 Å². The van der Waals surface area contributed by atoms with Crippen LogP contribution in [-0.2, 0) is 10.2 Å². The molecule has 1 aliphatic heterocycles. The highest BCUT2D eigenvalue weighted by molar-refractivity contribution is 5.67. The van der Waals surface area contributed by atoms with Crippen molar-refractivity contribution >= 4 is 6.09 Å². The quantitative estimate of drug-likeness (QED) is 0.829. The number of likely N-dealkylation sites (N-methyl/N-ethyl adjacent to an activating group) is 1. The van der Waals surface area contributed by atoms with Crippen molar-refractivity contribution in [2.45, 2.75) is 56.5 Å². The molecule has 1 saturated heterocycles. The number of nitriles is 1. The second-order valence-corrected chi connectivity index (χ2v) is 7.54. The summed E-state index contributed by atoms with van der Waals surface area (Å²) < 4.78 is 5.12. The highest BCUT2D eigenvalue weighted by Crippen LogP contribution is 2.41. The Bertz CT molecular complexity index is 647. The van der Waals surface area contributed by atoms with Crippen LogP contribution in [0.5, 0.6) is 0 Å². The molecule has 3 rings (SSSR count). The molecule has 0 N–H and O–H groups in total. The Morgan fingerprint density at radius 1 is 1.31 bits per heavy atom. The Morgan fingerprint density at radius 3 is 2.62 bits per heavy atom. The molecule has 2 aliphatic rings. The normalized spacial score (nSPS) is 29.1. The average Bonchev–Trinajstić information content (AvgIpc) is 3.18. The van der Waals surface area contributed by atoms with E-state index in [1.54, 1.807) is 4.90 Å². The van der Waals surface area contributed by atoms with Crippen LogP contribution in [0.3, 0.4) is 0 Å². The average molecular weight is 355 g/mol. The van der Waals surface area contributed by atoms with Crippen molar-refractivity contribution in [3.8, 4) is 6.07 Å². The van der Waals surface area contributed by atoms with Crippen molar-refractivity contribution in [1.29, 1.82) is 5.26 Å². The molecule has 1 aliphatic carbocycles. The minimum Gasteiger partial charge on any atom is -0.450 e. The van der Waals surface area contributed by atoms with Gasteiger partial charge in [0.15, 0.2) is 0 Å². The van der Waals surface area contributed by atoms with E-state index in [4.69, 9.17) is 4.74 Å². The van der Waals surface area contributed by atoms with Crippen LogP contribution in [0.15, 0.2) is 30.3 Å². The van der Waals surface area contributed by atoms with E-state index in [0.29, 0.717) is 12.6 Å². The van der Waals surface area contributed by atoms with Gasteiger partial charge in [-0.05, 0) is 44.6 Å². The zero-order chi connectivity index (χ0) is 18.6. The van der Waals surface area contributed by atoms with Crippen molar-refractivity contribution in [1.82, 2.24) is 9.80 Å². The highest BCUT2D eigenvalue weighted by atomic mass is 16.6. The second-order valence-electron chi connectivity index (χ2n) is 7.54. The lowest BCUT2D eigenvalue weighted by Gasteiger charge is -2.39. The predicted octanol–water partition coefficient (Wildman–Crippen LogP) is 3.55. The molecule has 2 fully saturated rings. The number of nitrogens with zero attached hydrogens (tertiary/aromatic N) is 3. The van der Waals surface area contributed by atoms with Gasteiger partial charge in [-0.3, -0.25) is 4.90 Å². The second kappa shape index (κ2) is 8.09. The predicted molar refractivity (Wildman–Crippen MR) is 101 cm³/mol. The van der Waals surface area contributed by atoms with Gasteiger partial charge in [-0.2, -0.15) is 5.26 Å². The maximum atomic E-state index is 11.9. The molecule has 140 valence electrons. The first-order chi connectivity index (χ1) is 12.6. The molecule has 0 unspecified atom stereocenters. The molecule has 0 spiro atoms. The van der Waals surface area contributed by atoms with Crippen LogP contribution in [0.1, 0.15) is 44.6 Å². The summed E-state index contributed by atoms with van der Waals surface area (Å²) in [6.45, 7) is 4.18. The zero-order valence-electron chi connectivity index (χ0n) is 15.9. The molecular formula is C21H29N3O2. The SMILES string of the molecule is CCOC(=O)N(C)[C@@H]1CCN(C2CCC(C#N)(c3ccccc3)CC2)C1. The van der Waals surface area contributed by atoms with E-state index < -0.39 is 0 Å². The first-order valence-electron chi connectivity index (χ1n) is 9.70. The molecule has 1 saturated carbocycles. The molecule has 1 aromatic carbocycles. The van der Waals surface area contributed by atoms with Crippen LogP contribution in [0, 0.1) is 11.3 Å². The Labute approximate surface area is 156 Å². The Balaban J connectivity index is 1.57. The number of carbonyl (C=O) groups excluding carboxylic acids is 1. The standard InChI is InChI=1S/C21H29N3O2/c1-3-26-20(25)23(2)19-11-14-24(15-19)18-9-12-21(16-22,13-10-18)17-7-5-4-6-8-17/h4-8,18-19H,3,9-15H2,1-2H3/t18?,19-,21?/m1/s1. The lowest BCUT2D eigenvalue weighted by molar-refractivity contribution is 0.0981. The summed E-state index contributed by atoms with van der Waals surface area (Å²) in [6.07, 6.45) is 4.67. The fourth-order valence-corrected chi connectivity index (χ4v) is 4.47. The van der Waals surface area contributed by atoms with Gasteiger partial charge in [-0.1, -0.05) is 30.3 Å². The van der Waals surface area contributed by atoms with E-state index in [0.717, 1.165) is 50.8 Å². The molecule has 26 heavy (non-hydrogen) atoms. The molecular weight excluding hydrogens is 326 g/mol. The van der Waals surface area contributed by atoms with Gasteiger partial charge in [-0.25, -0.2) is 4.79 Å². The van der Waals surface area contributed by atoms with Gasteiger partial charge in [0.1, 0.15) is 0 Å². The number of amides is 1. The van der Waals surface area contributed by atoms with E-state index in [2.05, 4.69) is 23.1 Å². The smallest absolute Gasteiger partial charge is 0.409 e. The number of likely N-dealkylation sites (tertiary alicyclic amines) is 1. The van der Waals surface area contributed by atoms with Crippen molar-refractivity contribution in [3.05, 3.63) is 35.9 Å². The van der Waals surface area contributed by atoms with Crippen molar-refractivity contribution in [2.24, 2.45) is 0 Å². The number of carbonyl (C=O) groups is 1. The van der Waals surface area contributed by atoms with E-state index in [9.17, 15) is 10.1 Å². The summed E-state index contributed by atoms with van der Waals surface area (Å²) in [4.78, 5) is 16.2. The van der Waals surface area contributed by atoms with Gasteiger partial charge in [0.2, 0.25) is 0 Å².